The van der Waals surface area contributed by atoms with Crippen molar-refractivity contribution in [3.05, 3.63) is 89.3 Å². The van der Waals surface area contributed by atoms with Gasteiger partial charge in [-0.15, -0.1) is 11.3 Å². The zero-order chi connectivity index (χ0) is 17.1. The SMILES string of the molecule is O=C(/C=c1\[nH]c(=O)/c(=C\c2ccccc2Cl)s1)c1cccc(Cl)c1. The second-order valence-corrected chi connectivity index (χ2v) is 6.90. The fourth-order valence-electron chi connectivity index (χ4n) is 2.10. The fourth-order valence-corrected chi connectivity index (χ4v) is 3.36. The Morgan fingerprint density at radius 2 is 1.88 bits per heavy atom. The van der Waals surface area contributed by atoms with E-state index in [-0.39, 0.29) is 11.3 Å². The maximum atomic E-state index is 12.2. The lowest BCUT2D eigenvalue weighted by Gasteiger charge is -1.95. The van der Waals surface area contributed by atoms with Gasteiger partial charge in [-0.3, -0.25) is 9.59 Å². The molecule has 0 aliphatic carbocycles. The fraction of sp³-hybridized carbons (Fsp3) is 0. The van der Waals surface area contributed by atoms with E-state index in [9.17, 15) is 9.59 Å². The first-order valence-corrected chi connectivity index (χ1v) is 8.57. The summed E-state index contributed by atoms with van der Waals surface area (Å²) in [6, 6.07) is 13.9. The van der Waals surface area contributed by atoms with Crippen LogP contribution >= 0.6 is 34.5 Å². The molecule has 0 aliphatic heterocycles. The van der Waals surface area contributed by atoms with Crippen LogP contribution in [0, 0.1) is 0 Å². The first kappa shape index (κ1) is 16.7. The van der Waals surface area contributed by atoms with Crippen molar-refractivity contribution in [2.75, 3.05) is 0 Å². The summed E-state index contributed by atoms with van der Waals surface area (Å²) in [5.41, 5.74) is 0.956. The van der Waals surface area contributed by atoms with E-state index in [1.54, 1.807) is 36.4 Å². The average Bonchev–Trinajstić information content (AvgIpc) is 2.89. The highest BCUT2D eigenvalue weighted by Crippen LogP contribution is 2.15. The molecule has 0 amide bonds. The Hall–Kier alpha value is -2.14. The summed E-state index contributed by atoms with van der Waals surface area (Å²) in [6.07, 6.45) is 3.09. The molecule has 1 aromatic heterocycles. The highest BCUT2D eigenvalue weighted by atomic mass is 35.5. The van der Waals surface area contributed by atoms with E-state index >= 15 is 0 Å². The second-order valence-electron chi connectivity index (χ2n) is 4.97. The van der Waals surface area contributed by atoms with Crippen LogP contribution in [0.5, 0.6) is 0 Å². The maximum Gasteiger partial charge on any atom is 0.266 e. The summed E-state index contributed by atoms with van der Waals surface area (Å²) in [7, 11) is 0. The number of ketones is 1. The Morgan fingerprint density at radius 3 is 2.62 bits per heavy atom. The van der Waals surface area contributed by atoms with Gasteiger partial charge >= 0.3 is 0 Å². The average molecular weight is 376 g/mol. The summed E-state index contributed by atoms with van der Waals surface area (Å²) >= 11 is 13.2. The molecular weight excluding hydrogens is 365 g/mol. The molecule has 0 radical (unpaired) electrons. The van der Waals surface area contributed by atoms with Crippen molar-refractivity contribution in [3.8, 4) is 0 Å². The summed E-state index contributed by atoms with van der Waals surface area (Å²) in [4.78, 5) is 27.0. The van der Waals surface area contributed by atoms with Crippen molar-refractivity contribution in [2.45, 2.75) is 0 Å². The van der Waals surface area contributed by atoms with Crippen molar-refractivity contribution < 1.29 is 4.79 Å². The van der Waals surface area contributed by atoms with Gasteiger partial charge in [0, 0.05) is 21.7 Å². The minimum Gasteiger partial charge on any atom is -0.313 e. The summed E-state index contributed by atoms with van der Waals surface area (Å²) in [6.45, 7) is 0. The van der Waals surface area contributed by atoms with Crippen LogP contribution in [0.2, 0.25) is 10.0 Å². The Morgan fingerprint density at radius 1 is 1.08 bits per heavy atom. The number of halogens is 2. The Balaban J connectivity index is 2.02. The van der Waals surface area contributed by atoms with Crippen LogP contribution in [0.1, 0.15) is 15.9 Å². The quantitative estimate of drug-likeness (QED) is 0.714. The molecular formula is C18H11Cl2NO2S. The monoisotopic (exact) mass is 375 g/mol. The van der Waals surface area contributed by atoms with Crippen LogP contribution in [-0.2, 0) is 0 Å². The molecule has 1 N–H and O–H groups in total. The Kier molecular flexibility index (Phi) is 5.00. The van der Waals surface area contributed by atoms with Gasteiger partial charge < -0.3 is 4.98 Å². The number of carbonyl (C=O) groups excluding carboxylic acids is 1. The largest absolute Gasteiger partial charge is 0.313 e. The number of Topliss-reactive ketones (excluding diaryl/α,β-unsaturated/α-hetero) is 1. The zero-order valence-corrected chi connectivity index (χ0v) is 14.6. The van der Waals surface area contributed by atoms with Crippen LogP contribution in [0.4, 0.5) is 0 Å². The third kappa shape index (κ3) is 3.85. The Labute approximate surface area is 151 Å². The van der Waals surface area contributed by atoms with Crippen LogP contribution in [-0.4, -0.2) is 10.8 Å². The second kappa shape index (κ2) is 7.18. The van der Waals surface area contributed by atoms with E-state index in [1.165, 1.54) is 17.4 Å². The van der Waals surface area contributed by atoms with Gasteiger partial charge in [-0.2, -0.15) is 0 Å². The Bertz CT molecular complexity index is 1080. The molecule has 0 bridgehead atoms. The molecule has 3 nitrogen and oxygen atoms in total. The normalized spacial score (nSPS) is 12.6. The van der Waals surface area contributed by atoms with E-state index in [2.05, 4.69) is 4.98 Å². The third-order valence-corrected chi connectivity index (χ3v) is 4.79. The minimum absolute atomic E-state index is 0.223. The number of benzene rings is 2. The summed E-state index contributed by atoms with van der Waals surface area (Å²) in [5.74, 6) is -0.223. The number of aromatic amines is 1. The lowest BCUT2D eigenvalue weighted by molar-refractivity contribution is 0.106. The summed E-state index contributed by atoms with van der Waals surface area (Å²) < 4.78 is 0.955. The number of hydrogen-bond donors (Lipinski definition) is 1. The van der Waals surface area contributed by atoms with Gasteiger partial charge in [0.05, 0.1) is 9.20 Å². The molecule has 6 heteroatoms. The van der Waals surface area contributed by atoms with Crippen molar-refractivity contribution in [1.82, 2.24) is 4.98 Å². The molecule has 0 unspecified atom stereocenters. The van der Waals surface area contributed by atoms with Crippen LogP contribution in [0.25, 0.3) is 12.2 Å². The van der Waals surface area contributed by atoms with Crippen LogP contribution in [0.3, 0.4) is 0 Å². The molecule has 0 aliphatic rings. The first-order valence-electron chi connectivity index (χ1n) is 7.00. The van der Waals surface area contributed by atoms with Crippen molar-refractivity contribution in [3.63, 3.8) is 0 Å². The van der Waals surface area contributed by atoms with E-state index < -0.39 is 0 Å². The van der Waals surface area contributed by atoms with Crippen molar-refractivity contribution in [2.24, 2.45) is 0 Å². The smallest absolute Gasteiger partial charge is 0.266 e. The summed E-state index contributed by atoms with van der Waals surface area (Å²) in [5, 5.41) is 1.05. The van der Waals surface area contributed by atoms with E-state index in [0.29, 0.717) is 24.8 Å². The van der Waals surface area contributed by atoms with Gasteiger partial charge in [0.2, 0.25) is 0 Å². The standard InChI is InChI=1S/C18H11Cl2NO2S/c19-13-6-3-5-12(8-13)15(22)10-17-21-18(23)16(24-17)9-11-4-1-2-7-14(11)20/h1-10H,(H,21,23)/b16-9+,17-10+. The lowest BCUT2D eigenvalue weighted by Crippen LogP contribution is -2.20. The molecule has 3 aromatic rings. The molecule has 24 heavy (non-hydrogen) atoms. The van der Waals surface area contributed by atoms with Gasteiger partial charge in [0.1, 0.15) is 0 Å². The van der Waals surface area contributed by atoms with Crippen LogP contribution in [0.15, 0.2) is 53.3 Å². The van der Waals surface area contributed by atoms with Gasteiger partial charge in [-0.05, 0) is 29.8 Å². The van der Waals surface area contributed by atoms with Crippen LogP contribution < -0.4 is 14.8 Å². The number of H-pyrrole nitrogens is 1. The molecule has 0 saturated carbocycles. The highest BCUT2D eigenvalue weighted by Gasteiger charge is 2.04. The zero-order valence-electron chi connectivity index (χ0n) is 12.3. The number of hydrogen-bond acceptors (Lipinski definition) is 3. The minimum atomic E-state index is -0.259. The van der Waals surface area contributed by atoms with Gasteiger partial charge in [0.15, 0.2) is 5.78 Å². The lowest BCUT2D eigenvalue weighted by atomic mass is 10.1. The number of thiazole rings is 1. The first-order chi connectivity index (χ1) is 11.5. The van der Waals surface area contributed by atoms with Gasteiger partial charge in [-0.25, -0.2) is 0 Å². The van der Waals surface area contributed by atoms with E-state index in [0.717, 1.165) is 5.56 Å². The topological polar surface area (TPSA) is 49.9 Å². The number of nitrogens with one attached hydrogen (secondary N) is 1. The predicted molar refractivity (Wildman–Crippen MR) is 99.5 cm³/mol. The molecule has 1 heterocycles. The third-order valence-electron chi connectivity index (χ3n) is 3.24. The number of carbonyl (C=O) groups is 1. The van der Waals surface area contributed by atoms with E-state index in [4.69, 9.17) is 23.2 Å². The number of rotatable bonds is 3. The van der Waals surface area contributed by atoms with Crippen molar-refractivity contribution >= 4 is 52.5 Å². The molecule has 0 fully saturated rings. The molecule has 0 atom stereocenters. The molecule has 3 rings (SSSR count). The van der Waals surface area contributed by atoms with Gasteiger partial charge in [0.25, 0.3) is 5.56 Å². The predicted octanol–water partition coefficient (Wildman–Crippen LogP) is 3.24. The molecule has 0 spiro atoms. The van der Waals surface area contributed by atoms with E-state index in [1.807, 2.05) is 18.2 Å². The molecule has 120 valence electrons. The molecule has 2 aromatic carbocycles. The molecule has 0 saturated heterocycles. The maximum absolute atomic E-state index is 12.2. The van der Waals surface area contributed by atoms with Gasteiger partial charge in [-0.1, -0.05) is 53.5 Å². The number of aromatic nitrogens is 1. The highest BCUT2D eigenvalue weighted by molar-refractivity contribution is 7.07. The van der Waals surface area contributed by atoms with Crippen molar-refractivity contribution in [1.29, 1.82) is 0 Å².